The fourth-order valence-corrected chi connectivity index (χ4v) is 2.28. The molecule has 0 radical (unpaired) electrons. The van der Waals surface area contributed by atoms with Gasteiger partial charge in [0.25, 0.3) is 0 Å². The molecule has 0 fully saturated rings. The van der Waals surface area contributed by atoms with Gasteiger partial charge in [0.1, 0.15) is 0 Å². The molecule has 0 aliphatic heterocycles. The monoisotopic (exact) mass is 378 g/mol. The van der Waals surface area contributed by atoms with Crippen molar-refractivity contribution in [3.05, 3.63) is 48.5 Å². The molecular weight excluding hydrogens is 371 g/mol. The summed E-state index contributed by atoms with van der Waals surface area (Å²) in [4.78, 5) is 4.43. The van der Waals surface area contributed by atoms with Gasteiger partial charge >= 0.3 is 0 Å². The molecular formula is C12H10S3Zn2. The summed E-state index contributed by atoms with van der Waals surface area (Å²) in [6.07, 6.45) is 0. The molecule has 0 saturated carbocycles. The molecule has 17 heavy (non-hydrogen) atoms. The molecule has 0 aliphatic rings. The van der Waals surface area contributed by atoms with E-state index in [0.717, 1.165) is 9.79 Å². The Kier molecular flexibility index (Phi) is 9.15. The molecule has 2 rings (SSSR count). The fourth-order valence-electron chi connectivity index (χ4n) is 1.16. The van der Waals surface area contributed by atoms with Crippen LogP contribution in [0.25, 0.3) is 0 Å². The standard InChI is InChI=1S/C12H10S3.2Zn/c13-9-1-5-11(6-2-9)15-12-7-3-10(14)4-8-12;;/h1-8,13-14H;;. The van der Waals surface area contributed by atoms with E-state index in [-0.39, 0.29) is 39.0 Å². The predicted molar refractivity (Wildman–Crippen MR) is 71.5 cm³/mol. The molecule has 0 N–H and O–H groups in total. The maximum absolute atomic E-state index is 4.25. The van der Waals surface area contributed by atoms with E-state index in [0.29, 0.717) is 0 Å². The van der Waals surface area contributed by atoms with Gasteiger partial charge in [0, 0.05) is 58.5 Å². The van der Waals surface area contributed by atoms with Crippen LogP contribution in [-0.4, -0.2) is 0 Å². The second kappa shape index (κ2) is 8.77. The van der Waals surface area contributed by atoms with Crippen LogP contribution in [0.15, 0.2) is 68.1 Å². The van der Waals surface area contributed by atoms with Gasteiger partial charge in [-0.3, -0.25) is 0 Å². The fraction of sp³-hybridized carbons (Fsp3) is 0. The Morgan fingerprint density at radius 3 is 1.18 bits per heavy atom. The van der Waals surface area contributed by atoms with Crippen LogP contribution in [0.2, 0.25) is 0 Å². The number of hydrogen-bond acceptors (Lipinski definition) is 3. The van der Waals surface area contributed by atoms with Crippen molar-refractivity contribution in [3.63, 3.8) is 0 Å². The first-order valence-corrected chi connectivity index (χ1v) is 6.21. The smallest absolute Gasteiger partial charge is 0.0123 e. The second-order valence-corrected chi connectivity index (χ2v) is 5.27. The van der Waals surface area contributed by atoms with Crippen molar-refractivity contribution in [3.8, 4) is 0 Å². The Labute approximate surface area is 143 Å². The van der Waals surface area contributed by atoms with Crippen LogP contribution in [0, 0.1) is 0 Å². The molecule has 0 atom stereocenters. The summed E-state index contributed by atoms with van der Waals surface area (Å²) in [7, 11) is 0. The third-order valence-corrected chi connectivity index (χ3v) is 3.52. The zero-order chi connectivity index (χ0) is 10.7. The summed E-state index contributed by atoms with van der Waals surface area (Å²) >= 11 is 10.2. The summed E-state index contributed by atoms with van der Waals surface area (Å²) in [5.74, 6) is 0. The van der Waals surface area contributed by atoms with Crippen LogP contribution in [0.5, 0.6) is 0 Å². The van der Waals surface area contributed by atoms with E-state index >= 15 is 0 Å². The Hall–Kier alpha value is 0.737. The van der Waals surface area contributed by atoms with Gasteiger partial charge in [-0.1, -0.05) is 11.8 Å². The molecule has 5 heteroatoms. The summed E-state index contributed by atoms with van der Waals surface area (Å²) in [5, 5.41) is 0. The quantitative estimate of drug-likeness (QED) is 0.574. The van der Waals surface area contributed by atoms with Gasteiger partial charge in [0.2, 0.25) is 0 Å². The van der Waals surface area contributed by atoms with Crippen molar-refractivity contribution in [1.29, 1.82) is 0 Å². The first-order valence-electron chi connectivity index (χ1n) is 4.50. The van der Waals surface area contributed by atoms with Crippen LogP contribution < -0.4 is 0 Å². The van der Waals surface area contributed by atoms with Crippen molar-refractivity contribution in [2.75, 3.05) is 0 Å². The summed E-state index contributed by atoms with van der Waals surface area (Å²) in [6, 6.07) is 16.3. The average Bonchev–Trinajstić information content (AvgIpc) is 2.25. The summed E-state index contributed by atoms with van der Waals surface area (Å²) < 4.78 is 0. The number of thiol groups is 2. The van der Waals surface area contributed by atoms with E-state index in [1.807, 2.05) is 24.3 Å². The van der Waals surface area contributed by atoms with Crippen molar-refractivity contribution in [1.82, 2.24) is 0 Å². The van der Waals surface area contributed by atoms with Crippen LogP contribution in [0.4, 0.5) is 0 Å². The predicted octanol–water partition coefficient (Wildman–Crippen LogP) is 4.41. The van der Waals surface area contributed by atoms with Gasteiger partial charge in [0.15, 0.2) is 0 Å². The largest absolute Gasteiger partial charge is 0.143 e. The van der Waals surface area contributed by atoms with Gasteiger partial charge in [0.05, 0.1) is 0 Å². The van der Waals surface area contributed by atoms with Crippen LogP contribution >= 0.6 is 37.0 Å². The van der Waals surface area contributed by atoms with Crippen LogP contribution in [0.3, 0.4) is 0 Å². The van der Waals surface area contributed by atoms with E-state index in [4.69, 9.17) is 0 Å². The van der Waals surface area contributed by atoms with E-state index in [1.165, 1.54) is 9.79 Å². The molecule has 80 valence electrons. The Bertz CT molecular complexity index is 397. The SMILES string of the molecule is Sc1ccc(Sc2ccc(S)cc2)cc1.[Zn].[Zn]. The van der Waals surface area contributed by atoms with Crippen molar-refractivity contribution >= 4 is 37.0 Å². The van der Waals surface area contributed by atoms with Gasteiger partial charge < -0.3 is 0 Å². The Morgan fingerprint density at radius 1 is 0.588 bits per heavy atom. The molecule has 0 heterocycles. The van der Waals surface area contributed by atoms with Gasteiger partial charge in [-0.2, -0.15) is 0 Å². The summed E-state index contributed by atoms with van der Waals surface area (Å²) in [5.41, 5.74) is 0. The van der Waals surface area contributed by atoms with Gasteiger partial charge in [-0.25, -0.2) is 0 Å². The molecule has 2 aromatic carbocycles. The first-order chi connectivity index (χ1) is 7.24. The third-order valence-electron chi connectivity index (χ3n) is 1.91. The minimum Gasteiger partial charge on any atom is -0.143 e. The van der Waals surface area contributed by atoms with Gasteiger partial charge in [-0.05, 0) is 48.5 Å². The minimum atomic E-state index is 0. The zero-order valence-corrected chi connectivity index (χ0v) is 17.9. The second-order valence-electron chi connectivity index (χ2n) is 3.09. The number of hydrogen-bond donors (Lipinski definition) is 2. The number of benzene rings is 2. The first kappa shape index (κ1) is 17.7. The molecule has 0 saturated heterocycles. The normalized spacial score (nSPS) is 9.06. The molecule has 0 aliphatic carbocycles. The van der Waals surface area contributed by atoms with Crippen molar-refractivity contribution in [2.45, 2.75) is 19.6 Å². The topological polar surface area (TPSA) is 0 Å². The van der Waals surface area contributed by atoms with Crippen molar-refractivity contribution < 1.29 is 39.0 Å². The van der Waals surface area contributed by atoms with Gasteiger partial charge in [-0.15, -0.1) is 25.3 Å². The molecule has 0 unspecified atom stereocenters. The van der Waals surface area contributed by atoms with Crippen LogP contribution in [0.1, 0.15) is 0 Å². The number of rotatable bonds is 2. The molecule has 0 spiro atoms. The molecule has 2 aromatic rings. The Morgan fingerprint density at radius 2 is 0.882 bits per heavy atom. The zero-order valence-electron chi connectivity index (χ0n) is 9.34. The molecule has 0 bridgehead atoms. The third kappa shape index (κ3) is 5.94. The summed E-state index contributed by atoms with van der Waals surface area (Å²) in [6.45, 7) is 0. The Balaban J connectivity index is 0.00000128. The maximum Gasteiger partial charge on any atom is 0.0123 e. The minimum absolute atomic E-state index is 0. The van der Waals surface area contributed by atoms with Crippen molar-refractivity contribution in [2.24, 2.45) is 0 Å². The van der Waals surface area contributed by atoms with E-state index in [2.05, 4.69) is 49.5 Å². The average molecular weight is 381 g/mol. The molecule has 0 amide bonds. The van der Waals surface area contributed by atoms with E-state index in [9.17, 15) is 0 Å². The molecule has 0 nitrogen and oxygen atoms in total. The molecule has 0 aromatic heterocycles. The van der Waals surface area contributed by atoms with E-state index in [1.54, 1.807) is 11.8 Å². The van der Waals surface area contributed by atoms with Crippen LogP contribution in [-0.2, 0) is 39.0 Å². The van der Waals surface area contributed by atoms with E-state index < -0.39 is 0 Å². The maximum atomic E-state index is 4.25.